The maximum atomic E-state index is 2.48. The second kappa shape index (κ2) is 19.6. The monoisotopic (exact) mass is 824 g/mol. The molecule has 0 unspecified atom stereocenters. The van der Waals surface area contributed by atoms with E-state index in [1.807, 2.05) is 0 Å². The first-order valence-corrected chi connectivity index (χ1v) is 19.0. The van der Waals surface area contributed by atoms with Crippen molar-refractivity contribution in [2.24, 2.45) is 23.7 Å². The fourth-order valence-electron chi connectivity index (χ4n) is 5.85. The van der Waals surface area contributed by atoms with Gasteiger partial charge in [0, 0.05) is 0 Å². The van der Waals surface area contributed by atoms with Gasteiger partial charge in [0.2, 0.25) is 0 Å². The molecule has 0 radical (unpaired) electrons. The Bertz CT molecular complexity index is 1180. The number of halogens is 2. The fourth-order valence-corrected chi connectivity index (χ4v) is 11.8. The molecule has 5 heteroatoms. The van der Waals surface area contributed by atoms with Gasteiger partial charge in [0.05, 0.1) is 0 Å². The first kappa shape index (κ1) is 43.0. The Balaban J connectivity index is 0.000000767. The number of benzene rings is 2. The van der Waals surface area contributed by atoms with Gasteiger partial charge in [-0.05, 0) is 62.2 Å². The molecule has 0 aliphatic heterocycles. The summed E-state index contributed by atoms with van der Waals surface area (Å²) in [5.41, 5.74) is 5.67. The van der Waals surface area contributed by atoms with Crippen molar-refractivity contribution in [1.82, 2.24) is 0 Å². The third-order valence-corrected chi connectivity index (χ3v) is 14.3. The van der Waals surface area contributed by atoms with Crippen molar-refractivity contribution >= 4 is 48.0 Å². The molecule has 0 aliphatic rings. The molecule has 0 aliphatic carbocycles. The van der Waals surface area contributed by atoms with Crippen LogP contribution >= 0.6 is 15.8 Å². The third kappa shape index (κ3) is 12.3. The van der Waals surface area contributed by atoms with E-state index in [1.165, 1.54) is 68.4 Å². The van der Waals surface area contributed by atoms with Gasteiger partial charge in [-0.1, -0.05) is 108 Å². The zero-order valence-electron chi connectivity index (χ0n) is 28.9. The second-order valence-electron chi connectivity index (χ2n) is 13.9. The SMILES string of the molecule is Cc1ccc(C)c2[cH-]c(P(CC(C)C)CC(C)C)cc12.Cc1ccc(C)c2[cH-]c(P(CC(C)C)CC(C)C)cc12.[Cl-].[Cl-].[Hf+4]. The van der Waals surface area contributed by atoms with E-state index in [2.05, 4.69) is 132 Å². The Morgan fingerprint density at radius 1 is 0.488 bits per heavy atom. The average Bonchev–Trinajstić information content (AvgIpc) is 3.49. The van der Waals surface area contributed by atoms with Gasteiger partial charge in [0.15, 0.2) is 0 Å². The van der Waals surface area contributed by atoms with Crippen molar-refractivity contribution in [3.8, 4) is 0 Å². The molecule has 4 rings (SSSR count). The molecule has 0 heterocycles. The molecule has 0 saturated carbocycles. The van der Waals surface area contributed by atoms with Crippen molar-refractivity contribution < 1.29 is 50.7 Å². The zero-order valence-corrected chi connectivity index (χ0v) is 35.8. The summed E-state index contributed by atoms with van der Waals surface area (Å²) in [6.45, 7) is 27.8. The molecule has 43 heavy (non-hydrogen) atoms. The molecular formula is C38H56Cl2HfP2. The van der Waals surface area contributed by atoms with Crippen LogP contribution in [-0.4, -0.2) is 24.6 Å². The van der Waals surface area contributed by atoms with E-state index in [9.17, 15) is 0 Å². The predicted octanol–water partition coefficient (Wildman–Crippen LogP) is 5.19. The van der Waals surface area contributed by atoms with Crippen LogP contribution < -0.4 is 35.4 Å². The van der Waals surface area contributed by atoms with Gasteiger partial charge < -0.3 is 24.8 Å². The Morgan fingerprint density at radius 3 is 0.977 bits per heavy atom. The second-order valence-corrected chi connectivity index (χ2v) is 18.5. The normalized spacial score (nSPS) is 11.4. The molecule has 0 saturated heterocycles. The van der Waals surface area contributed by atoms with E-state index in [0.29, 0.717) is 0 Å². The van der Waals surface area contributed by atoms with Crippen molar-refractivity contribution in [3.05, 3.63) is 70.8 Å². The summed E-state index contributed by atoms with van der Waals surface area (Å²) >= 11 is 0. The zero-order chi connectivity index (χ0) is 29.7. The first-order chi connectivity index (χ1) is 18.8. The molecule has 0 N–H and O–H groups in total. The van der Waals surface area contributed by atoms with Gasteiger partial charge in [0.1, 0.15) is 0 Å². The number of rotatable bonds is 10. The topological polar surface area (TPSA) is 0 Å². The molecule has 4 aromatic carbocycles. The number of hydrogen-bond donors (Lipinski definition) is 0. The van der Waals surface area contributed by atoms with E-state index < -0.39 is 0 Å². The Labute approximate surface area is 298 Å². The van der Waals surface area contributed by atoms with Crippen LogP contribution in [0.15, 0.2) is 48.5 Å². The third-order valence-electron chi connectivity index (χ3n) is 7.69. The molecule has 4 aromatic rings. The van der Waals surface area contributed by atoms with Crippen LogP contribution in [0.25, 0.3) is 21.5 Å². The van der Waals surface area contributed by atoms with E-state index in [0.717, 1.165) is 23.7 Å². The van der Waals surface area contributed by atoms with E-state index >= 15 is 0 Å². The van der Waals surface area contributed by atoms with Gasteiger partial charge in [0.25, 0.3) is 0 Å². The van der Waals surface area contributed by atoms with Crippen LogP contribution in [0.3, 0.4) is 0 Å². The molecule has 0 fully saturated rings. The summed E-state index contributed by atoms with van der Waals surface area (Å²) in [6, 6.07) is 19.0. The van der Waals surface area contributed by atoms with Gasteiger partial charge in [-0.25, -0.2) is 0 Å². The van der Waals surface area contributed by atoms with Crippen molar-refractivity contribution in [2.75, 3.05) is 24.6 Å². The summed E-state index contributed by atoms with van der Waals surface area (Å²) < 4.78 is 0. The minimum atomic E-state index is -0.00626. The van der Waals surface area contributed by atoms with Crippen LogP contribution in [0.2, 0.25) is 0 Å². The van der Waals surface area contributed by atoms with Crippen molar-refractivity contribution in [3.63, 3.8) is 0 Å². The van der Waals surface area contributed by atoms with Gasteiger partial charge in [-0.3, -0.25) is 0 Å². The maximum Gasteiger partial charge on any atom is 4.00 e. The minimum absolute atomic E-state index is 0. The van der Waals surface area contributed by atoms with Gasteiger partial charge >= 0.3 is 25.8 Å². The summed E-state index contributed by atoms with van der Waals surface area (Å²) in [5, 5.41) is 9.13. The summed E-state index contributed by atoms with van der Waals surface area (Å²) in [6.07, 6.45) is 5.45. The smallest absolute Gasteiger partial charge is 1.00 e. The number of fused-ring (bicyclic) bond motifs is 2. The standard InChI is InChI=1S/2C19H28P.2ClH.Hf/c2*1-13(2)11-20(12-14(3)4)17-9-18-15(5)7-8-16(6)19(18)10-17;;;/h2*7-10,13-14H,11-12H2,1-6H3;2*1H;/q2*-1;;;+4/p-2. The molecule has 0 aromatic heterocycles. The van der Waals surface area contributed by atoms with Crippen LogP contribution in [0.5, 0.6) is 0 Å². The quantitative estimate of drug-likeness (QED) is 0.118. The molecule has 236 valence electrons. The predicted molar refractivity (Wildman–Crippen MR) is 190 cm³/mol. The number of aryl methyl sites for hydroxylation is 4. The van der Waals surface area contributed by atoms with E-state index in [-0.39, 0.29) is 66.5 Å². The van der Waals surface area contributed by atoms with Crippen LogP contribution in [0.4, 0.5) is 0 Å². The molecule has 0 nitrogen and oxygen atoms in total. The number of hydrogen-bond acceptors (Lipinski definition) is 0. The van der Waals surface area contributed by atoms with E-state index in [1.54, 1.807) is 10.6 Å². The molecule has 0 amide bonds. The van der Waals surface area contributed by atoms with Crippen LogP contribution in [-0.2, 0) is 25.8 Å². The molecule has 0 bridgehead atoms. The molecule has 0 spiro atoms. The van der Waals surface area contributed by atoms with Crippen LogP contribution in [0, 0.1) is 51.4 Å². The van der Waals surface area contributed by atoms with Crippen molar-refractivity contribution in [1.29, 1.82) is 0 Å². The molecule has 0 atom stereocenters. The van der Waals surface area contributed by atoms with Gasteiger partial charge in [-0.2, -0.15) is 12.1 Å². The Morgan fingerprint density at radius 2 is 0.744 bits per heavy atom. The average molecular weight is 824 g/mol. The summed E-state index contributed by atoms with van der Waals surface area (Å²) in [7, 11) is -0.0125. The Hall–Kier alpha value is -0.0299. The first-order valence-electron chi connectivity index (χ1n) is 15.6. The summed E-state index contributed by atoms with van der Waals surface area (Å²) in [4.78, 5) is 0. The molecular weight excluding hydrogens is 768 g/mol. The minimum Gasteiger partial charge on any atom is -1.00 e. The van der Waals surface area contributed by atoms with E-state index in [4.69, 9.17) is 0 Å². The Kier molecular flexibility index (Phi) is 19.6. The largest absolute Gasteiger partial charge is 4.00 e. The van der Waals surface area contributed by atoms with Crippen molar-refractivity contribution in [2.45, 2.75) is 83.1 Å². The summed E-state index contributed by atoms with van der Waals surface area (Å²) in [5.74, 6) is 3.17. The van der Waals surface area contributed by atoms with Gasteiger partial charge in [-0.15, -0.1) is 67.5 Å². The fraction of sp³-hybridized carbons (Fsp3) is 0.526. The van der Waals surface area contributed by atoms with Crippen LogP contribution in [0.1, 0.15) is 77.6 Å². The maximum absolute atomic E-state index is 2.48.